The van der Waals surface area contributed by atoms with Crippen LogP contribution in [0.4, 0.5) is 5.69 Å². The van der Waals surface area contributed by atoms with Gasteiger partial charge in [-0.3, -0.25) is 4.90 Å². The maximum Gasteiger partial charge on any atom is 0.159 e. The molecule has 1 aromatic heterocycles. The summed E-state index contributed by atoms with van der Waals surface area (Å²) in [6.07, 6.45) is 2.98. The summed E-state index contributed by atoms with van der Waals surface area (Å²) < 4.78 is 0. The first-order chi connectivity index (χ1) is 11.8. The van der Waals surface area contributed by atoms with Gasteiger partial charge in [-0.25, -0.2) is 9.97 Å². The second-order valence-electron chi connectivity index (χ2n) is 6.23. The van der Waals surface area contributed by atoms with E-state index in [9.17, 15) is 0 Å². The monoisotopic (exact) mass is 316 g/mol. The Kier molecular flexibility index (Phi) is 3.97. The van der Waals surface area contributed by atoms with Gasteiger partial charge < -0.3 is 5.73 Å². The summed E-state index contributed by atoms with van der Waals surface area (Å²) in [5, 5.41) is 0. The van der Waals surface area contributed by atoms with Crippen LogP contribution in [0.5, 0.6) is 0 Å². The second kappa shape index (κ2) is 6.42. The highest BCUT2D eigenvalue weighted by molar-refractivity contribution is 5.58. The van der Waals surface area contributed by atoms with Crippen molar-refractivity contribution in [2.75, 3.05) is 12.3 Å². The molecule has 0 saturated carbocycles. The molecule has 1 aliphatic rings. The van der Waals surface area contributed by atoms with Crippen molar-refractivity contribution in [2.45, 2.75) is 19.5 Å². The molecule has 0 atom stereocenters. The third-order valence-electron chi connectivity index (χ3n) is 4.44. The Balaban J connectivity index is 1.56. The molecule has 0 spiro atoms. The number of fused-ring (bicyclic) bond motifs is 1. The van der Waals surface area contributed by atoms with Crippen molar-refractivity contribution in [1.29, 1.82) is 0 Å². The van der Waals surface area contributed by atoms with Crippen LogP contribution in [0.15, 0.2) is 60.8 Å². The maximum atomic E-state index is 5.76. The van der Waals surface area contributed by atoms with Crippen LogP contribution in [0.3, 0.4) is 0 Å². The molecule has 0 unspecified atom stereocenters. The molecule has 0 bridgehead atoms. The molecule has 3 aromatic rings. The van der Waals surface area contributed by atoms with Gasteiger partial charge in [0.1, 0.15) is 0 Å². The van der Waals surface area contributed by atoms with Crippen LogP contribution in [0, 0.1) is 0 Å². The summed E-state index contributed by atoms with van der Waals surface area (Å²) in [7, 11) is 0. The van der Waals surface area contributed by atoms with Gasteiger partial charge in [0.25, 0.3) is 0 Å². The van der Waals surface area contributed by atoms with Crippen LogP contribution in [-0.2, 0) is 19.5 Å². The minimum Gasteiger partial charge on any atom is -0.399 e. The van der Waals surface area contributed by atoms with Crippen LogP contribution in [0.25, 0.3) is 11.4 Å². The molecule has 2 N–H and O–H groups in total. The molecule has 4 heteroatoms. The van der Waals surface area contributed by atoms with Crippen molar-refractivity contribution >= 4 is 5.69 Å². The van der Waals surface area contributed by atoms with Crippen LogP contribution in [0.2, 0.25) is 0 Å². The SMILES string of the molecule is Nc1ccc(-c2ncc3c(n2)CN(Cc2ccccc2)CC3)cc1. The highest BCUT2D eigenvalue weighted by Crippen LogP contribution is 2.22. The molecule has 120 valence electrons. The number of nitrogens with two attached hydrogens (primary N) is 1. The Hall–Kier alpha value is -2.72. The number of hydrogen-bond donors (Lipinski definition) is 1. The van der Waals surface area contributed by atoms with Gasteiger partial charge in [-0.1, -0.05) is 30.3 Å². The van der Waals surface area contributed by atoms with Gasteiger partial charge in [0.15, 0.2) is 5.82 Å². The number of hydrogen-bond acceptors (Lipinski definition) is 4. The lowest BCUT2D eigenvalue weighted by Gasteiger charge is -2.28. The summed E-state index contributed by atoms with van der Waals surface area (Å²) in [5.41, 5.74) is 11.3. The first-order valence-corrected chi connectivity index (χ1v) is 8.25. The van der Waals surface area contributed by atoms with Gasteiger partial charge in [0, 0.05) is 37.1 Å². The van der Waals surface area contributed by atoms with E-state index < -0.39 is 0 Å². The zero-order valence-electron chi connectivity index (χ0n) is 13.5. The minimum absolute atomic E-state index is 0.755. The molecular formula is C20H20N4. The molecule has 2 heterocycles. The lowest BCUT2D eigenvalue weighted by Crippen LogP contribution is -2.31. The predicted octanol–water partition coefficient (Wildman–Crippen LogP) is 3.28. The zero-order chi connectivity index (χ0) is 16.4. The number of nitrogens with zero attached hydrogens (tertiary/aromatic N) is 3. The first-order valence-electron chi connectivity index (χ1n) is 8.25. The van der Waals surface area contributed by atoms with Crippen molar-refractivity contribution in [3.8, 4) is 11.4 Å². The van der Waals surface area contributed by atoms with E-state index in [0.29, 0.717) is 0 Å². The van der Waals surface area contributed by atoms with Gasteiger partial charge >= 0.3 is 0 Å². The molecule has 24 heavy (non-hydrogen) atoms. The third-order valence-corrected chi connectivity index (χ3v) is 4.44. The molecule has 4 nitrogen and oxygen atoms in total. The maximum absolute atomic E-state index is 5.76. The molecule has 1 aliphatic heterocycles. The van der Waals surface area contributed by atoms with Gasteiger partial charge in [-0.2, -0.15) is 0 Å². The fraction of sp³-hybridized carbons (Fsp3) is 0.200. The van der Waals surface area contributed by atoms with E-state index in [1.807, 2.05) is 30.5 Å². The Labute approximate surface area is 142 Å². The van der Waals surface area contributed by atoms with Crippen LogP contribution in [0.1, 0.15) is 16.8 Å². The van der Waals surface area contributed by atoms with Crippen LogP contribution in [-0.4, -0.2) is 21.4 Å². The van der Waals surface area contributed by atoms with E-state index in [1.54, 1.807) is 0 Å². The van der Waals surface area contributed by atoms with E-state index in [-0.39, 0.29) is 0 Å². The van der Waals surface area contributed by atoms with Crippen molar-refractivity contribution in [3.05, 3.63) is 77.6 Å². The molecule has 2 aromatic carbocycles. The van der Waals surface area contributed by atoms with E-state index >= 15 is 0 Å². The van der Waals surface area contributed by atoms with Crippen molar-refractivity contribution in [1.82, 2.24) is 14.9 Å². The van der Waals surface area contributed by atoms with Gasteiger partial charge in [0.05, 0.1) is 5.69 Å². The minimum atomic E-state index is 0.755. The topological polar surface area (TPSA) is 55.0 Å². The molecule has 0 aliphatic carbocycles. The molecule has 0 saturated heterocycles. The molecule has 4 rings (SSSR count). The van der Waals surface area contributed by atoms with Gasteiger partial charge in [-0.05, 0) is 41.8 Å². The zero-order valence-corrected chi connectivity index (χ0v) is 13.5. The predicted molar refractivity (Wildman–Crippen MR) is 96.1 cm³/mol. The lowest BCUT2D eigenvalue weighted by atomic mass is 10.1. The number of aromatic nitrogens is 2. The fourth-order valence-electron chi connectivity index (χ4n) is 3.11. The number of anilines is 1. The summed E-state index contributed by atoms with van der Waals surface area (Å²) >= 11 is 0. The average Bonchev–Trinajstić information content (AvgIpc) is 2.63. The van der Waals surface area contributed by atoms with Gasteiger partial charge in [-0.15, -0.1) is 0 Å². The summed E-state index contributed by atoms with van der Waals surface area (Å²) in [6.45, 7) is 2.88. The Morgan fingerprint density at radius 1 is 1.00 bits per heavy atom. The summed E-state index contributed by atoms with van der Waals surface area (Å²) in [5.74, 6) is 0.773. The second-order valence-corrected chi connectivity index (χ2v) is 6.23. The third kappa shape index (κ3) is 3.14. The molecule has 0 amide bonds. The van der Waals surface area contributed by atoms with Crippen molar-refractivity contribution < 1.29 is 0 Å². The number of nitrogen functional groups attached to an aromatic ring is 1. The van der Waals surface area contributed by atoms with Crippen LogP contribution < -0.4 is 5.73 Å². The number of rotatable bonds is 3. The standard InChI is InChI=1S/C20H20N4/c21-18-8-6-16(7-9-18)20-22-12-17-10-11-24(14-19(17)23-20)13-15-4-2-1-3-5-15/h1-9,12H,10-11,13-14,21H2. The molecule has 0 radical (unpaired) electrons. The normalized spacial score (nSPS) is 14.3. The number of benzene rings is 2. The Bertz CT molecular complexity index is 828. The first kappa shape index (κ1) is 14.8. The van der Waals surface area contributed by atoms with E-state index in [4.69, 9.17) is 10.7 Å². The highest BCUT2D eigenvalue weighted by atomic mass is 15.1. The lowest BCUT2D eigenvalue weighted by molar-refractivity contribution is 0.241. The smallest absolute Gasteiger partial charge is 0.159 e. The quantitative estimate of drug-likeness (QED) is 0.753. The van der Waals surface area contributed by atoms with E-state index in [2.05, 4.69) is 40.2 Å². The van der Waals surface area contributed by atoms with Crippen LogP contribution >= 0.6 is 0 Å². The summed E-state index contributed by atoms with van der Waals surface area (Å²) in [4.78, 5) is 11.8. The fourth-order valence-corrected chi connectivity index (χ4v) is 3.11. The van der Waals surface area contributed by atoms with E-state index in [1.165, 1.54) is 11.1 Å². The van der Waals surface area contributed by atoms with Crippen molar-refractivity contribution in [3.63, 3.8) is 0 Å². The highest BCUT2D eigenvalue weighted by Gasteiger charge is 2.19. The summed E-state index contributed by atoms with van der Waals surface area (Å²) in [6, 6.07) is 18.3. The molecular weight excluding hydrogens is 296 g/mol. The molecule has 0 fully saturated rings. The Morgan fingerprint density at radius 3 is 2.58 bits per heavy atom. The largest absolute Gasteiger partial charge is 0.399 e. The van der Waals surface area contributed by atoms with E-state index in [0.717, 1.165) is 48.8 Å². The average molecular weight is 316 g/mol. The Morgan fingerprint density at radius 2 is 1.79 bits per heavy atom. The van der Waals surface area contributed by atoms with Gasteiger partial charge in [0.2, 0.25) is 0 Å². The van der Waals surface area contributed by atoms with Crippen molar-refractivity contribution in [2.24, 2.45) is 0 Å².